The Morgan fingerprint density at radius 1 is 1.21 bits per heavy atom. The highest BCUT2D eigenvalue weighted by Crippen LogP contribution is 2.35. The maximum Gasteiger partial charge on any atom is 0.201 e. The van der Waals surface area contributed by atoms with E-state index in [-0.39, 0.29) is 0 Å². The normalized spacial score (nSPS) is 18.6. The molecule has 0 aliphatic carbocycles. The van der Waals surface area contributed by atoms with E-state index in [1.165, 1.54) is 0 Å². The van der Waals surface area contributed by atoms with Crippen molar-refractivity contribution in [2.75, 3.05) is 38.3 Å². The van der Waals surface area contributed by atoms with Gasteiger partial charge >= 0.3 is 0 Å². The molecule has 33 heavy (non-hydrogen) atoms. The highest BCUT2D eigenvalue weighted by molar-refractivity contribution is 7.19. The Morgan fingerprint density at radius 2 is 2.00 bits per heavy atom. The second kappa shape index (κ2) is 9.54. The minimum absolute atomic E-state index is 0.457. The molecular weight excluding hydrogens is 438 g/mol. The zero-order valence-corrected chi connectivity index (χ0v) is 19.3. The minimum atomic E-state index is -0.457. The molecule has 4 heterocycles. The minimum Gasteiger partial charge on any atom is -0.378 e. The van der Waals surface area contributed by atoms with E-state index in [4.69, 9.17) is 20.4 Å². The van der Waals surface area contributed by atoms with E-state index in [1.807, 2.05) is 36.2 Å². The van der Waals surface area contributed by atoms with Crippen LogP contribution in [0.5, 0.6) is 0 Å². The Morgan fingerprint density at radius 3 is 2.73 bits per heavy atom. The van der Waals surface area contributed by atoms with Crippen LogP contribution in [0.4, 0.5) is 5.82 Å². The van der Waals surface area contributed by atoms with Gasteiger partial charge in [-0.1, -0.05) is 24.3 Å². The number of allylic oxidation sites excluding steroid dienone is 1. The smallest absolute Gasteiger partial charge is 0.201 e. The third-order valence-corrected chi connectivity index (χ3v) is 6.85. The lowest BCUT2D eigenvalue weighted by Crippen LogP contribution is -2.41. The Labute approximate surface area is 196 Å². The molecule has 1 aromatic carbocycles. The predicted molar refractivity (Wildman–Crippen MR) is 130 cm³/mol. The van der Waals surface area contributed by atoms with Crippen molar-refractivity contribution in [3.63, 3.8) is 0 Å². The molecule has 9 nitrogen and oxygen atoms in total. The Hall–Kier alpha value is -2.89. The number of ether oxygens (including phenoxy) is 1. The van der Waals surface area contributed by atoms with Crippen LogP contribution in [0, 0.1) is 0 Å². The van der Waals surface area contributed by atoms with Gasteiger partial charge in [-0.15, -0.1) is 11.3 Å². The lowest BCUT2D eigenvalue weighted by atomic mass is 10.1. The van der Waals surface area contributed by atoms with Gasteiger partial charge in [0.2, 0.25) is 6.29 Å². The molecule has 0 saturated carbocycles. The first kappa shape index (κ1) is 21.9. The molecule has 1 saturated heterocycles. The van der Waals surface area contributed by atoms with Gasteiger partial charge in [-0.2, -0.15) is 0 Å². The number of hydroxylamine groups is 2. The number of benzene rings is 1. The number of thiophene rings is 1. The number of nitrogens with two attached hydrogens (primary N) is 1. The molecule has 5 rings (SSSR count). The van der Waals surface area contributed by atoms with Gasteiger partial charge in [-0.25, -0.2) is 15.0 Å². The molecule has 0 bridgehead atoms. The molecule has 0 spiro atoms. The molecule has 2 aromatic heterocycles. The number of morpholine rings is 1. The van der Waals surface area contributed by atoms with Crippen molar-refractivity contribution in [2.45, 2.75) is 19.4 Å². The summed E-state index contributed by atoms with van der Waals surface area (Å²) in [7, 11) is 1.94. The van der Waals surface area contributed by atoms with E-state index in [0.29, 0.717) is 32.1 Å². The fraction of sp³-hybridized carbons (Fsp3) is 0.348. The first-order chi connectivity index (χ1) is 16.1. The van der Waals surface area contributed by atoms with Gasteiger partial charge in [0.1, 0.15) is 0 Å². The van der Waals surface area contributed by atoms with Gasteiger partial charge in [0.05, 0.1) is 23.4 Å². The highest BCUT2D eigenvalue weighted by Gasteiger charge is 2.23. The molecule has 3 aromatic rings. The van der Waals surface area contributed by atoms with Crippen molar-refractivity contribution < 1.29 is 9.94 Å². The third kappa shape index (κ3) is 4.61. The molecule has 1 atom stereocenters. The maximum absolute atomic E-state index is 10.1. The molecule has 0 amide bonds. The summed E-state index contributed by atoms with van der Waals surface area (Å²) in [5.74, 6) is 1.65. The van der Waals surface area contributed by atoms with Gasteiger partial charge in [-0.3, -0.25) is 15.1 Å². The summed E-state index contributed by atoms with van der Waals surface area (Å²) in [5, 5.41) is 11.2. The number of anilines is 1. The third-order valence-electron chi connectivity index (χ3n) is 5.74. The van der Waals surface area contributed by atoms with Crippen molar-refractivity contribution >= 4 is 33.6 Å². The summed E-state index contributed by atoms with van der Waals surface area (Å²) in [4.78, 5) is 19.6. The lowest BCUT2D eigenvalue weighted by Gasteiger charge is -2.30. The summed E-state index contributed by atoms with van der Waals surface area (Å²) < 4.78 is 6.63. The van der Waals surface area contributed by atoms with Crippen LogP contribution in [0.1, 0.15) is 10.4 Å². The quantitative estimate of drug-likeness (QED) is 0.573. The molecule has 3 N–H and O–H groups in total. The topological polar surface area (TPSA) is 103 Å². The number of aliphatic imine (C=N–C) groups is 1. The molecule has 1 unspecified atom stereocenters. The Balaban J connectivity index is 1.51. The Kier molecular flexibility index (Phi) is 6.34. The summed E-state index contributed by atoms with van der Waals surface area (Å²) in [5.41, 5.74) is 8.72. The average Bonchev–Trinajstić information content (AvgIpc) is 3.26. The fourth-order valence-corrected chi connectivity index (χ4v) is 5.17. The average molecular weight is 466 g/mol. The molecule has 1 fully saturated rings. The summed E-state index contributed by atoms with van der Waals surface area (Å²) in [6, 6.07) is 10.2. The molecule has 172 valence electrons. The summed E-state index contributed by atoms with van der Waals surface area (Å²) in [6.07, 6.45) is 4.55. The fourth-order valence-electron chi connectivity index (χ4n) is 3.99. The standard InChI is InChI=1S/C23H27N7O2S/c1-28(23-25-7-2-8-30(23)31)15-18-13-19-20(33-18)22(29-9-11-32-12-10-29)27-21(26-19)17-5-3-16(14-24)4-6-17/h2-8,13,23,31H,9-12,14-15,24H2,1H3. The van der Waals surface area contributed by atoms with E-state index in [1.54, 1.807) is 29.8 Å². The first-order valence-electron chi connectivity index (χ1n) is 10.9. The highest BCUT2D eigenvalue weighted by atomic mass is 32.1. The van der Waals surface area contributed by atoms with Crippen LogP contribution in [0.25, 0.3) is 21.6 Å². The molecule has 0 radical (unpaired) electrons. The molecule has 2 aliphatic rings. The second-order valence-electron chi connectivity index (χ2n) is 8.08. The molecule has 10 heteroatoms. The predicted octanol–water partition coefficient (Wildman–Crippen LogP) is 2.66. The van der Waals surface area contributed by atoms with E-state index >= 15 is 0 Å². The van der Waals surface area contributed by atoms with Crippen molar-refractivity contribution in [2.24, 2.45) is 10.7 Å². The van der Waals surface area contributed by atoms with Crippen LogP contribution in [0.3, 0.4) is 0 Å². The van der Waals surface area contributed by atoms with Crippen molar-refractivity contribution in [1.82, 2.24) is 19.9 Å². The van der Waals surface area contributed by atoms with Crippen LogP contribution in [0.15, 0.2) is 47.6 Å². The number of aromatic nitrogens is 2. The second-order valence-corrected chi connectivity index (χ2v) is 9.22. The number of rotatable bonds is 6. The number of hydrogen-bond acceptors (Lipinski definition) is 10. The maximum atomic E-state index is 10.1. The van der Waals surface area contributed by atoms with Crippen molar-refractivity contribution in [3.8, 4) is 11.4 Å². The van der Waals surface area contributed by atoms with E-state index < -0.39 is 6.29 Å². The van der Waals surface area contributed by atoms with Crippen LogP contribution >= 0.6 is 11.3 Å². The van der Waals surface area contributed by atoms with E-state index in [2.05, 4.69) is 16.0 Å². The van der Waals surface area contributed by atoms with Crippen molar-refractivity contribution in [3.05, 3.63) is 53.0 Å². The number of fused-ring (bicyclic) bond motifs is 1. The number of nitrogens with zero attached hydrogens (tertiary/aromatic N) is 6. The lowest BCUT2D eigenvalue weighted by molar-refractivity contribution is -0.125. The van der Waals surface area contributed by atoms with Gasteiger partial charge in [0.15, 0.2) is 11.6 Å². The monoisotopic (exact) mass is 465 g/mol. The van der Waals surface area contributed by atoms with Crippen LogP contribution < -0.4 is 10.6 Å². The van der Waals surface area contributed by atoms with Crippen LogP contribution in [-0.4, -0.2) is 71.0 Å². The molecular formula is C23H27N7O2S. The zero-order chi connectivity index (χ0) is 22.8. The van der Waals surface area contributed by atoms with Gasteiger partial charge < -0.3 is 15.4 Å². The van der Waals surface area contributed by atoms with E-state index in [0.717, 1.165) is 50.2 Å². The summed E-state index contributed by atoms with van der Waals surface area (Å²) in [6.45, 7) is 4.10. The summed E-state index contributed by atoms with van der Waals surface area (Å²) >= 11 is 1.69. The number of hydrogen-bond donors (Lipinski definition) is 2. The van der Waals surface area contributed by atoms with E-state index in [9.17, 15) is 5.21 Å². The zero-order valence-electron chi connectivity index (χ0n) is 18.5. The van der Waals surface area contributed by atoms with Crippen LogP contribution in [-0.2, 0) is 17.8 Å². The van der Waals surface area contributed by atoms with Crippen molar-refractivity contribution in [1.29, 1.82) is 0 Å². The van der Waals surface area contributed by atoms with Gasteiger partial charge in [0, 0.05) is 49.0 Å². The molecule has 2 aliphatic heterocycles. The SMILES string of the molecule is CN(Cc1cc2nc(-c3ccc(CN)cc3)nc(N3CCOCC3)c2s1)C1N=CC=CN1O. The van der Waals surface area contributed by atoms with Gasteiger partial charge in [0.25, 0.3) is 0 Å². The Bertz CT molecular complexity index is 1170. The largest absolute Gasteiger partial charge is 0.378 e. The van der Waals surface area contributed by atoms with Gasteiger partial charge in [-0.05, 0) is 24.8 Å². The first-order valence-corrected chi connectivity index (χ1v) is 11.7. The van der Waals surface area contributed by atoms with Crippen LogP contribution in [0.2, 0.25) is 0 Å².